The Labute approximate surface area is 415 Å². The molecular weight excluding hydrogens is 910 g/mol. The normalized spacial score (nSPS) is 23.2. The third kappa shape index (κ3) is 11.8. The maximum absolute atomic E-state index is 15.3. The lowest BCUT2D eigenvalue weighted by molar-refractivity contribution is -0.384. The quantitative estimate of drug-likeness (QED) is 0.0228. The molecule has 1 amide bonds. The number of hydrogen-bond acceptors (Lipinski definition) is 11. The summed E-state index contributed by atoms with van der Waals surface area (Å²) in [6.07, 6.45) is 16.1. The summed E-state index contributed by atoms with van der Waals surface area (Å²) in [6.45, 7) is 4.50. The molecule has 4 aromatic rings. The van der Waals surface area contributed by atoms with Crippen LogP contribution in [-0.2, 0) is 27.5 Å². The summed E-state index contributed by atoms with van der Waals surface area (Å²) in [5.74, 6) is -0.376. The summed E-state index contributed by atoms with van der Waals surface area (Å²) in [7, 11) is 0. The van der Waals surface area contributed by atoms with Crippen molar-refractivity contribution in [2.75, 3.05) is 26.1 Å². The molecule has 4 aromatic carbocycles. The first kappa shape index (κ1) is 50.8. The molecular formula is C56H66FN3O9S. The van der Waals surface area contributed by atoms with Crippen LogP contribution in [0.3, 0.4) is 0 Å². The minimum Gasteiger partial charge on any atom is -0.459 e. The summed E-state index contributed by atoms with van der Waals surface area (Å²) in [5, 5.41) is 36.5. The molecule has 14 heteroatoms. The first-order valence-electron chi connectivity index (χ1n) is 24.9. The number of non-ortho nitro benzene ring substituents is 1. The maximum atomic E-state index is 15.3. The molecule has 0 spiro atoms. The Morgan fingerprint density at radius 1 is 0.943 bits per heavy atom. The monoisotopic (exact) mass is 975 g/mol. The van der Waals surface area contributed by atoms with E-state index >= 15 is 4.79 Å². The lowest BCUT2D eigenvalue weighted by Gasteiger charge is -2.60. The van der Waals surface area contributed by atoms with Crippen molar-refractivity contribution >= 4 is 29.1 Å². The Bertz CT molecular complexity index is 2460. The third-order valence-electron chi connectivity index (χ3n) is 14.7. The fraction of sp³-hybridized carbons (Fsp3) is 0.464. The second-order valence-electron chi connectivity index (χ2n) is 19.1. The van der Waals surface area contributed by atoms with Crippen molar-refractivity contribution in [3.63, 3.8) is 0 Å². The van der Waals surface area contributed by atoms with Crippen molar-refractivity contribution in [1.82, 2.24) is 4.90 Å². The zero-order valence-corrected chi connectivity index (χ0v) is 40.9. The van der Waals surface area contributed by atoms with E-state index in [1.807, 2.05) is 47.6 Å². The fourth-order valence-corrected chi connectivity index (χ4v) is 11.7. The number of hydrogen-bond donors (Lipinski definition) is 2. The Kier molecular flexibility index (Phi) is 17.5. The van der Waals surface area contributed by atoms with Crippen molar-refractivity contribution < 1.29 is 43.4 Å². The van der Waals surface area contributed by atoms with Gasteiger partial charge in [0.1, 0.15) is 35.7 Å². The highest BCUT2D eigenvalue weighted by atomic mass is 32.2. The number of benzene rings is 4. The Morgan fingerprint density at radius 3 is 2.33 bits per heavy atom. The van der Waals surface area contributed by atoms with Gasteiger partial charge in [0.2, 0.25) is 11.7 Å². The zero-order valence-electron chi connectivity index (χ0n) is 40.1. The van der Waals surface area contributed by atoms with Crippen LogP contribution in [0.25, 0.3) is 0 Å². The fourth-order valence-electron chi connectivity index (χ4n) is 11.3. The predicted octanol–water partition coefficient (Wildman–Crippen LogP) is 12.1. The van der Waals surface area contributed by atoms with Gasteiger partial charge in [-0.15, -0.1) is 18.3 Å². The van der Waals surface area contributed by atoms with Crippen LogP contribution in [0.4, 0.5) is 10.1 Å². The first-order chi connectivity index (χ1) is 34.1. The van der Waals surface area contributed by atoms with E-state index in [9.17, 15) is 24.7 Å². The Morgan fingerprint density at radius 2 is 1.64 bits per heavy atom. The van der Waals surface area contributed by atoms with E-state index < -0.39 is 22.7 Å². The molecule has 0 saturated heterocycles. The molecule has 3 aliphatic carbocycles. The minimum absolute atomic E-state index is 0.00546. The van der Waals surface area contributed by atoms with Crippen LogP contribution in [0, 0.1) is 39.6 Å². The van der Waals surface area contributed by atoms with E-state index in [2.05, 4.69) is 18.7 Å². The number of rotatable bonds is 24. The molecule has 1 aliphatic heterocycles. The number of amides is 1. The van der Waals surface area contributed by atoms with Gasteiger partial charge < -0.3 is 34.2 Å². The number of oxime groups is 1. The van der Waals surface area contributed by atoms with Crippen LogP contribution in [0.15, 0.2) is 125 Å². The van der Waals surface area contributed by atoms with Gasteiger partial charge in [0, 0.05) is 61.1 Å². The number of fused-ring (bicyclic) bond motifs is 2. The lowest BCUT2D eigenvalue weighted by Crippen LogP contribution is -2.70. The molecule has 0 aromatic heterocycles. The van der Waals surface area contributed by atoms with Gasteiger partial charge in [0.25, 0.3) is 5.69 Å². The highest BCUT2D eigenvalue weighted by Crippen LogP contribution is 2.62. The van der Waals surface area contributed by atoms with E-state index in [-0.39, 0.29) is 74.6 Å². The summed E-state index contributed by atoms with van der Waals surface area (Å²) >= 11 is 1.66. The van der Waals surface area contributed by atoms with Gasteiger partial charge in [-0.25, -0.2) is 4.39 Å². The SMILES string of the molecule is C=CCO[C@@]12Oc3ccc(Oc4ccc(SC)cc4)cc3[C@H]3[C@H](CCCCO)[C@@H](CCCCO)C=C(C(=NOCc4ccc([N+](=O)[O-])cc4)C[C@@H]1N(Cc1ccc(F)cc1)C(=O)CCC1CCCC1)[C@H]32. The number of halogens is 1. The first-order valence-corrected chi connectivity index (χ1v) is 26.2. The number of nitro benzene ring substituents is 1. The molecule has 8 rings (SSSR count). The standard InChI is InChI=1S/C56H66FN3O9S/c1-3-32-66-56-52(59(36-39-14-19-42(57)20-15-39)53(63)29-18-38-10-4-5-11-38)35-50(58-67-37-40-16-21-43(22-17-40)60(64)65)48-33-41(12-6-8-30-61)47(13-7-9-31-62)54(55(48)56)49-34-45(25-28-51(49)69-56)68-44-23-26-46(70-2)27-24-44/h3,14-17,19-28,33-34,38,41,47,52,54-55,61-62H,1,4-13,18,29-32,35-37H2,2H3/t41-,47+,52-,54+,55+,56+/m0/s1. The van der Waals surface area contributed by atoms with Gasteiger partial charge in [-0.1, -0.05) is 68.0 Å². The molecule has 12 nitrogen and oxygen atoms in total. The summed E-state index contributed by atoms with van der Waals surface area (Å²) in [6, 6.07) is 25.5. The molecule has 4 aliphatic rings. The number of allylic oxidation sites excluding steroid dienone is 1. The van der Waals surface area contributed by atoms with Gasteiger partial charge in [-0.2, -0.15) is 0 Å². The second-order valence-corrected chi connectivity index (χ2v) is 20.0. The summed E-state index contributed by atoms with van der Waals surface area (Å²) in [5.41, 5.74) is 3.85. The second kappa shape index (κ2) is 24.0. The topological polar surface area (TPSA) is 153 Å². The molecule has 6 atom stereocenters. The van der Waals surface area contributed by atoms with Crippen LogP contribution >= 0.6 is 11.8 Å². The molecule has 2 saturated carbocycles. The van der Waals surface area contributed by atoms with Gasteiger partial charge in [-0.05, 0) is 140 Å². The highest BCUT2D eigenvalue weighted by Gasteiger charge is 2.65. The Hall–Kier alpha value is -5.54. The predicted molar refractivity (Wildman–Crippen MR) is 269 cm³/mol. The van der Waals surface area contributed by atoms with Gasteiger partial charge in [0.15, 0.2) is 0 Å². The largest absolute Gasteiger partial charge is 0.459 e. The molecule has 70 heavy (non-hydrogen) atoms. The van der Waals surface area contributed by atoms with E-state index in [4.69, 9.17) is 24.2 Å². The van der Waals surface area contributed by atoms with Crippen LogP contribution in [0.1, 0.15) is 106 Å². The number of carbonyl (C=O) groups excluding carboxylic acids is 1. The highest BCUT2D eigenvalue weighted by molar-refractivity contribution is 7.98. The number of nitrogens with zero attached hydrogens (tertiary/aromatic N) is 3. The number of nitro groups is 1. The van der Waals surface area contributed by atoms with Gasteiger partial charge in [0.05, 0.1) is 23.2 Å². The average Bonchev–Trinajstić information content (AvgIpc) is 3.91. The average molecular weight is 976 g/mol. The van der Waals surface area contributed by atoms with Gasteiger partial charge >= 0.3 is 0 Å². The van der Waals surface area contributed by atoms with Crippen LogP contribution in [0.5, 0.6) is 17.2 Å². The zero-order chi connectivity index (χ0) is 49.0. The van der Waals surface area contributed by atoms with Crippen molar-refractivity contribution in [1.29, 1.82) is 0 Å². The summed E-state index contributed by atoms with van der Waals surface area (Å²) < 4.78 is 35.8. The van der Waals surface area contributed by atoms with E-state index in [0.717, 1.165) is 79.4 Å². The molecule has 0 radical (unpaired) electrons. The van der Waals surface area contributed by atoms with Crippen LogP contribution in [-0.4, -0.2) is 69.6 Å². The van der Waals surface area contributed by atoms with E-state index in [0.29, 0.717) is 53.7 Å². The molecule has 372 valence electrons. The third-order valence-corrected chi connectivity index (χ3v) is 15.4. The van der Waals surface area contributed by atoms with E-state index in [1.165, 1.54) is 24.3 Å². The molecule has 2 N–H and O–H groups in total. The van der Waals surface area contributed by atoms with Crippen molar-refractivity contribution in [2.45, 2.75) is 119 Å². The van der Waals surface area contributed by atoms with Crippen molar-refractivity contribution in [2.24, 2.45) is 28.8 Å². The number of aliphatic hydroxyl groups excluding tert-OH is 2. The lowest BCUT2D eigenvalue weighted by atomic mass is 9.55. The van der Waals surface area contributed by atoms with Crippen molar-refractivity contribution in [3.05, 3.63) is 148 Å². The van der Waals surface area contributed by atoms with Crippen LogP contribution in [0.2, 0.25) is 0 Å². The molecule has 2 fully saturated rings. The number of ether oxygens (including phenoxy) is 3. The number of unbranched alkanes of at least 4 members (excludes halogenated alkanes) is 2. The Balaban J connectivity index is 1.31. The summed E-state index contributed by atoms with van der Waals surface area (Å²) in [4.78, 5) is 35.5. The number of thioether (sulfide) groups is 1. The van der Waals surface area contributed by atoms with Gasteiger partial charge in [-0.3, -0.25) is 14.9 Å². The number of carbonyl (C=O) groups is 1. The van der Waals surface area contributed by atoms with E-state index in [1.54, 1.807) is 42.1 Å². The molecule has 0 bridgehead atoms. The van der Waals surface area contributed by atoms with Crippen LogP contribution < -0.4 is 9.47 Å². The minimum atomic E-state index is -1.49. The molecule has 1 heterocycles. The smallest absolute Gasteiger partial charge is 0.269 e. The molecule has 0 unspecified atom stereocenters. The number of aliphatic hydroxyl groups is 2. The van der Waals surface area contributed by atoms with Crippen molar-refractivity contribution in [3.8, 4) is 17.2 Å². The maximum Gasteiger partial charge on any atom is 0.269 e.